The first-order chi connectivity index (χ1) is 27.1. The van der Waals surface area contributed by atoms with E-state index < -0.39 is 135 Å². The molecule has 13 atom stereocenters. The fourth-order valence-electron chi connectivity index (χ4n) is 10.3. The quantitative estimate of drug-likeness (QED) is 0.183. The summed E-state index contributed by atoms with van der Waals surface area (Å²) < 4.78 is 40.4. The third-order valence-corrected chi connectivity index (χ3v) is 14.0. The van der Waals surface area contributed by atoms with Crippen molar-refractivity contribution < 1.29 is 77.2 Å². The van der Waals surface area contributed by atoms with Crippen LogP contribution in [0.25, 0.3) is 0 Å². The zero-order valence-corrected chi connectivity index (χ0v) is 35.4. The number of amides is 1. The molecule has 5 unspecified atom stereocenters. The zero-order valence-electron chi connectivity index (χ0n) is 35.4. The number of Topliss-reactive ketones (excluding diaryl/α,β-unsaturated/α-hetero) is 2. The van der Waals surface area contributed by atoms with Crippen molar-refractivity contribution >= 4 is 35.8 Å². The van der Waals surface area contributed by atoms with Gasteiger partial charge in [-0.2, -0.15) is 0 Å². The molecule has 0 spiro atoms. The molecule has 1 aromatic carbocycles. The monoisotopic (exact) mass is 831 g/mol. The van der Waals surface area contributed by atoms with Crippen molar-refractivity contribution in [2.45, 2.75) is 141 Å². The first-order valence-electron chi connectivity index (χ1n) is 19.8. The Morgan fingerprint density at radius 2 is 1.58 bits per heavy atom. The van der Waals surface area contributed by atoms with Crippen LogP contribution in [0.3, 0.4) is 0 Å². The Hall–Kier alpha value is -4.16. The van der Waals surface area contributed by atoms with Gasteiger partial charge in [-0.3, -0.25) is 9.59 Å². The Morgan fingerprint density at radius 3 is 2.14 bits per heavy atom. The molecule has 3 aliphatic carbocycles. The van der Waals surface area contributed by atoms with Crippen LogP contribution in [-0.4, -0.2) is 124 Å². The predicted octanol–water partition coefficient (Wildman–Crippen LogP) is 3.02. The lowest BCUT2D eigenvalue weighted by Gasteiger charge is -2.68. The van der Waals surface area contributed by atoms with Crippen molar-refractivity contribution in [1.29, 1.82) is 0 Å². The number of nitrogens with one attached hydrogen (secondary N) is 1. The first kappa shape index (κ1) is 44.4. The molecule has 2 heterocycles. The first-order valence-corrected chi connectivity index (χ1v) is 19.8. The van der Waals surface area contributed by atoms with Crippen LogP contribution in [0.5, 0.6) is 0 Å². The lowest BCUT2D eigenvalue weighted by atomic mass is 9.41. The summed E-state index contributed by atoms with van der Waals surface area (Å²) in [5, 5.41) is 39.1. The number of methoxy groups -OCH3 is 1. The standard InChI is InChI=1S/C42H57NO16/c1-20-24-25(45)29(46)40(10)22(44)17-23-41(19-54-23,59-35(51)53-11)27(40)30(56-31(47)21-15-13-12-14-16-21)42(52,38(24,7)8)18-39(20,9)57-32(48)26-28(37(5,6)33(49)55-26)43-34(50)58-36(2,3)4/h12-16,20,22-24,26-28,30,33,44,49,52H,17-19H2,1-11H3,(H,43,50)/t20?,22-,23+,24?,26?,27?,28+,30-,33?,39+,40+,41-,42+/m0/s1. The molecule has 0 radical (unpaired) electrons. The summed E-state index contributed by atoms with van der Waals surface area (Å²) in [7, 11) is 1.06. The van der Waals surface area contributed by atoms with E-state index in [0.29, 0.717) is 0 Å². The highest BCUT2D eigenvalue weighted by Crippen LogP contribution is 2.66. The van der Waals surface area contributed by atoms with Gasteiger partial charge in [0.2, 0.25) is 11.6 Å². The van der Waals surface area contributed by atoms with Gasteiger partial charge in [0.15, 0.2) is 18.0 Å². The van der Waals surface area contributed by atoms with Crippen LogP contribution < -0.4 is 5.32 Å². The van der Waals surface area contributed by atoms with Crippen LogP contribution in [0.1, 0.15) is 92.4 Å². The van der Waals surface area contributed by atoms with Gasteiger partial charge in [0.1, 0.15) is 29.0 Å². The molecule has 2 saturated heterocycles. The minimum Gasteiger partial charge on any atom is -0.457 e. The minimum absolute atomic E-state index is 0.0544. The molecule has 4 N–H and O–H groups in total. The number of hydrogen-bond donors (Lipinski definition) is 4. The third-order valence-electron chi connectivity index (χ3n) is 14.0. The largest absolute Gasteiger partial charge is 0.508 e. The summed E-state index contributed by atoms with van der Waals surface area (Å²) in [6, 6.07) is 6.58. The fourth-order valence-corrected chi connectivity index (χ4v) is 10.3. The van der Waals surface area contributed by atoms with Crippen LogP contribution >= 0.6 is 0 Å². The maximum Gasteiger partial charge on any atom is 0.508 e. The van der Waals surface area contributed by atoms with E-state index in [1.165, 1.54) is 39.8 Å². The second-order valence-electron chi connectivity index (χ2n) is 19.4. The summed E-state index contributed by atoms with van der Waals surface area (Å²) in [5.41, 5.74) is -12.1. The molecule has 3 saturated carbocycles. The number of carbonyl (C=O) groups excluding carboxylic acids is 6. The minimum atomic E-state index is -2.42. The van der Waals surface area contributed by atoms with Crippen molar-refractivity contribution in [1.82, 2.24) is 5.32 Å². The molecule has 2 aliphatic heterocycles. The second kappa shape index (κ2) is 14.5. The molecule has 59 heavy (non-hydrogen) atoms. The average molecular weight is 832 g/mol. The third kappa shape index (κ3) is 6.80. The second-order valence-corrected chi connectivity index (χ2v) is 19.4. The van der Waals surface area contributed by atoms with Crippen LogP contribution in [0.2, 0.25) is 0 Å². The van der Waals surface area contributed by atoms with E-state index in [1.54, 1.807) is 59.7 Å². The van der Waals surface area contributed by atoms with E-state index in [0.717, 1.165) is 7.11 Å². The van der Waals surface area contributed by atoms with Crippen LogP contribution in [0, 0.1) is 34.0 Å². The van der Waals surface area contributed by atoms with Crippen molar-refractivity contribution in [3.63, 3.8) is 0 Å². The lowest BCUT2D eigenvalue weighted by Crippen LogP contribution is -2.83. The number of hydrogen-bond acceptors (Lipinski definition) is 16. The van der Waals surface area contributed by atoms with Crippen molar-refractivity contribution in [2.75, 3.05) is 13.7 Å². The maximum atomic E-state index is 15.0. The summed E-state index contributed by atoms with van der Waals surface area (Å²) >= 11 is 0. The number of benzene rings is 1. The molecule has 5 fully saturated rings. The molecule has 2 bridgehead atoms. The molecule has 1 amide bonds. The number of carbonyl (C=O) groups is 6. The van der Waals surface area contributed by atoms with Crippen LogP contribution in [0.4, 0.5) is 9.59 Å². The molecule has 1 aromatic rings. The van der Waals surface area contributed by atoms with Crippen LogP contribution in [-0.2, 0) is 47.5 Å². The Kier molecular flexibility index (Phi) is 10.9. The molecular weight excluding hydrogens is 774 g/mol. The lowest BCUT2D eigenvalue weighted by molar-refractivity contribution is -0.351. The highest BCUT2D eigenvalue weighted by molar-refractivity contribution is 6.40. The topological polar surface area (TPSA) is 240 Å². The molecule has 6 rings (SSSR count). The van der Waals surface area contributed by atoms with Gasteiger partial charge in [0, 0.05) is 35.5 Å². The average Bonchev–Trinajstić information content (AvgIpc) is 3.36. The number of ketones is 2. The number of aliphatic hydroxyl groups excluding tert-OH is 2. The molecule has 0 aromatic heterocycles. The highest BCUT2D eigenvalue weighted by Gasteiger charge is 2.80. The number of esters is 2. The van der Waals surface area contributed by atoms with E-state index in [1.807, 2.05) is 0 Å². The number of aliphatic hydroxyl groups is 3. The Bertz CT molecular complexity index is 1890. The molecule has 5 aliphatic rings. The fraction of sp³-hybridized carbons (Fsp3) is 0.714. The van der Waals surface area contributed by atoms with Gasteiger partial charge < -0.3 is 53.8 Å². The zero-order chi connectivity index (χ0) is 44.1. The summed E-state index contributed by atoms with van der Waals surface area (Å²) in [4.78, 5) is 84.7. The van der Waals surface area contributed by atoms with Gasteiger partial charge in [0.05, 0.1) is 42.8 Å². The normalized spacial score (nSPS) is 40.7. The van der Waals surface area contributed by atoms with Crippen LogP contribution in [0.15, 0.2) is 30.3 Å². The van der Waals surface area contributed by atoms with E-state index in [4.69, 9.17) is 33.2 Å². The van der Waals surface area contributed by atoms with Crippen molar-refractivity contribution in [3.8, 4) is 0 Å². The van der Waals surface area contributed by atoms with E-state index in [-0.39, 0.29) is 18.6 Å². The van der Waals surface area contributed by atoms with Crippen molar-refractivity contribution in [2.24, 2.45) is 34.0 Å². The number of rotatable bonds is 6. The molecule has 17 heteroatoms. The Labute approximate surface area is 342 Å². The SMILES string of the molecule is COC(=O)O[C@@]12CO[C@@H]1C[C@H](O)[C@@]1(C)C(=O)C(=O)C3C(C)[C@](C)(OC(=O)C4OC(O)C(C)(C)[C@@H]4NC(=O)OC(C)(C)C)C[C@@](O)([C@@H](OC(=O)c4ccccc4)C12)C3(C)C. The van der Waals surface area contributed by atoms with Gasteiger partial charge in [-0.05, 0) is 46.8 Å². The molecule has 17 nitrogen and oxygen atoms in total. The van der Waals surface area contributed by atoms with Crippen molar-refractivity contribution in [3.05, 3.63) is 35.9 Å². The molecule has 326 valence electrons. The van der Waals surface area contributed by atoms with E-state index in [2.05, 4.69) is 5.32 Å². The predicted molar refractivity (Wildman–Crippen MR) is 202 cm³/mol. The van der Waals surface area contributed by atoms with Gasteiger partial charge >= 0.3 is 24.2 Å². The smallest absolute Gasteiger partial charge is 0.457 e. The number of fused-ring (bicyclic) bond motifs is 5. The Balaban J connectivity index is 1.51. The number of ether oxygens (including phenoxy) is 7. The Morgan fingerprint density at radius 1 is 0.949 bits per heavy atom. The molecular formula is C42H57NO16. The highest BCUT2D eigenvalue weighted by atomic mass is 16.8. The van der Waals surface area contributed by atoms with Gasteiger partial charge in [-0.15, -0.1) is 0 Å². The summed E-state index contributed by atoms with van der Waals surface area (Å²) in [6.07, 6.45) is -10.7. The van der Waals surface area contributed by atoms with Gasteiger partial charge in [-0.1, -0.05) is 52.8 Å². The summed E-state index contributed by atoms with van der Waals surface area (Å²) in [5.74, 6) is -8.25. The maximum absolute atomic E-state index is 15.0. The number of alkyl carbamates (subject to hydrolysis) is 1. The van der Waals surface area contributed by atoms with E-state index in [9.17, 15) is 39.3 Å². The summed E-state index contributed by atoms with van der Waals surface area (Å²) in [6.45, 7) is 15.1. The van der Waals surface area contributed by atoms with Gasteiger partial charge in [-0.25, -0.2) is 19.2 Å². The van der Waals surface area contributed by atoms with E-state index >= 15 is 4.79 Å². The van der Waals surface area contributed by atoms with Gasteiger partial charge in [0.25, 0.3) is 0 Å².